The molecule has 0 spiro atoms. The van der Waals surface area contributed by atoms with Crippen LogP contribution >= 0.6 is 11.8 Å². The first kappa shape index (κ1) is 13.8. The third-order valence-corrected chi connectivity index (χ3v) is 3.83. The number of nitrogens with zero attached hydrogens (tertiary/aromatic N) is 2. The standard InChI is InChI=1S/C14H16FN3S/c1-9-10(2)17-13(18-14(9)16-3)8-19-12-6-4-5-11(15)7-12/h4-7H,8H2,1-3H3,(H,16,17,18). The number of halogens is 1. The molecule has 0 radical (unpaired) electrons. The molecule has 0 fully saturated rings. The van der Waals surface area contributed by atoms with Crippen molar-refractivity contribution in [3.63, 3.8) is 0 Å². The molecule has 5 heteroatoms. The maximum absolute atomic E-state index is 13.1. The van der Waals surface area contributed by atoms with Crippen LogP contribution in [0.3, 0.4) is 0 Å². The molecular weight excluding hydrogens is 261 g/mol. The molecule has 0 aliphatic carbocycles. The third kappa shape index (κ3) is 3.44. The molecule has 3 nitrogen and oxygen atoms in total. The maximum Gasteiger partial charge on any atom is 0.141 e. The first-order valence-electron chi connectivity index (χ1n) is 6.00. The van der Waals surface area contributed by atoms with Gasteiger partial charge in [0.05, 0.1) is 5.75 Å². The van der Waals surface area contributed by atoms with Crippen LogP contribution in [0.15, 0.2) is 29.2 Å². The molecule has 0 aliphatic rings. The number of aryl methyl sites for hydroxylation is 1. The highest BCUT2D eigenvalue weighted by atomic mass is 32.2. The van der Waals surface area contributed by atoms with Gasteiger partial charge >= 0.3 is 0 Å². The van der Waals surface area contributed by atoms with E-state index in [1.807, 2.05) is 27.0 Å². The summed E-state index contributed by atoms with van der Waals surface area (Å²) in [7, 11) is 1.85. The summed E-state index contributed by atoms with van der Waals surface area (Å²) >= 11 is 1.53. The van der Waals surface area contributed by atoms with Crippen LogP contribution in [-0.2, 0) is 5.75 Å². The van der Waals surface area contributed by atoms with Crippen molar-refractivity contribution in [2.45, 2.75) is 24.5 Å². The Hall–Kier alpha value is -1.62. The van der Waals surface area contributed by atoms with Crippen molar-refractivity contribution in [1.82, 2.24) is 9.97 Å². The van der Waals surface area contributed by atoms with Crippen molar-refractivity contribution in [3.05, 3.63) is 47.2 Å². The quantitative estimate of drug-likeness (QED) is 0.867. The summed E-state index contributed by atoms with van der Waals surface area (Å²) < 4.78 is 13.1. The van der Waals surface area contributed by atoms with Crippen LogP contribution in [0.5, 0.6) is 0 Å². The van der Waals surface area contributed by atoms with E-state index in [1.54, 1.807) is 6.07 Å². The normalized spacial score (nSPS) is 10.5. The molecule has 0 saturated heterocycles. The zero-order valence-corrected chi connectivity index (χ0v) is 12.0. The second-order valence-electron chi connectivity index (χ2n) is 4.19. The summed E-state index contributed by atoms with van der Waals surface area (Å²) in [6, 6.07) is 6.55. The van der Waals surface area contributed by atoms with Gasteiger partial charge < -0.3 is 5.32 Å². The van der Waals surface area contributed by atoms with Crippen LogP contribution in [0.1, 0.15) is 17.1 Å². The lowest BCUT2D eigenvalue weighted by Gasteiger charge is -2.09. The summed E-state index contributed by atoms with van der Waals surface area (Å²) in [5.74, 6) is 2.00. The van der Waals surface area contributed by atoms with Crippen molar-refractivity contribution < 1.29 is 4.39 Å². The van der Waals surface area contributed by atoms with Gasteiger partial charge in [-0.1, -0.05) is 6.07 Å². The summed E-state index contributed by atoms with van der Waals surface area (Å²) in [4.78, 5) is 9.79. The Balaban J connectivity index is 2.13. The van der Waals surface area contributed by atoms with Crippen LogP contribution < -0.4 is 5.32 Å². The van der Waals surface area contributed by atoms with Gasteiger partial charge in [-0.15, -0.1) is 11.8 Å². The molecule has 1 heterocycles. The molecule has 1 aromatic carbocycles. The zero-order valence-electron chi connectivity index (χ0n) is 11.2. The van der Waals surface area contributed by atoms with Crippen LogP contribution in [0.25, 0.3) is 0 Å². The molecule has 2 rings (SSSR count). The van der Waals surface area contributed by atoms with Gasteiger partial charge in [0.15, 0.2) is 0 Å². The number of rotatable bonds is 4. The number of hydrogen-bond acceptors (Lipinski definition) is 4. The second kappa shape index (κ2) is 6.02. The second-order valence-corrected chi connectivity index (χ2v) is 5.24. The Labute approximate surface area is 116 Å². The third-order valence-electron chi connectivity index (χ3n) is 2.84. The number of aromatic nitrogens is 2. The van der Waals surface area contributed by atoms with E-state index in [2.05, 4.69) is 15.3 Å². The molecule has 1 aromatic heterocycles. The van der Waals surface area contributed by atoms with Gasteiger partial charge in [0.25, 0.3) is 0 Å². The highest BCUT2D eigenvalue weighted by molar-refractivity contribution is 7.98. The van der Waals surface area contributed by atoms with Gasteiger partial charge in [-0.05, 0) is 32.0 Å². The van der Waals surface area contributed by atoms with Crippen molar-refractivity contribution in [3.8, 4) is 0 Å². The molecule has 0 saturated carbocycles. The lowest BCUT2D eigenvalue weighted by Crippen LogP contribution is -2.04. The predicted octanol–water partition coefficient (Wildman–Crippen LogP) is 3.57. The Kier molecular flexibility index (Phi) is 4.37. The van der Waals surface area contributed by atoms with Gasteiger partial charge in [0.2, 0.25) is 0 Å². The van der Waals surface area contributed by atoms with E-state index >= 15 is 0 Å². The summed E-state index contributed by atoms with van der Waals surface area (Å²) in [5.41, 5.74) is 2.02. The molecule has 19 heavy (non-hydrogen) atoms. The van der Waals surface area contributed by atoms with Gasteiger partial charge in [0, 0.05) is 23.2 Å². The van der Waals surface area contributed by atoms with E-state index in [9.17, 15) is 4.39 Å². The Morgan fingerprint density at radius 1 is 1.26 bits per heavy atom. The summed E-state index contributed by atoms with van der Waals surface area (Å²) in [5, 5.41) is 3.06. The fourth-order valence-corrected chi connectivity index (χ4v) is 2.49. The topological polar surface area (TPSA) is 37.8 Å². The average molecular weight is 277 g/mol. The highest BCUT2D eigenvalue weighted by Crippen LogP contribution is 2.23. The smallest absolute Gasteiger partial charge is 0.141 e. The van der Waals surface area contributed by atoms with Crippen molar-refractivity contribution in [2.75, 3.05) is 12.4 Å². The molecule has 0 aliphatic heterocycles. The van der Waals surface area contributed by atoms with Crippen molar-refractivity contribution >= 4 is 17.6 Å². The van der Waals surface area contributed by atoms with Crippen molar-refractivity contribution in [1.29, 1.82) is 0 Å². The maximum atomic E-state index is 13.1. The van der Waals surface area contributed by atoms with Gasteiger partial charge in [-0.25, -0.2) is 14.4 Å². The number of hydrogen-bond donors (Lipinski definition) is 1. The lowest BCUT2D eigenvalue weighted by molar-refractivity contribution is 0.624. The Bertz CT molecular complexity index is 587. The monoisotopic (exact) mass is 277 g/mol. The average Bonchev–Trinajstić information content (AvgIpc) is 2.40. The number of benzene rings is 1. The molecule has 0 atom stereocenters. The minimum Gasteiger partial charge on any atom is -0.373 e. The van der Waals surface area contributed by atoms with Gasteiger partial charge in [-0.2, -0.15) is 0 Å². The first-order valence-corrected chi connectivity index (χ1v) is 6.99. The molecule has 2 aromatic rings. The van der Waals surface area contributed by atoms with E-state index in [0.717, 1.165) is 27.8 Å². The van der Waals surface area contributed by atoms with E-state index in [-0.39, 0.29) is 5.82 Å². The van der Waals surface area contributed by atoms with Crippen molar-refractivity contribution in [2.24, 2.45) is 0 Å². The molecule has 0 unspecified atom stereocenters. The predicted molar refractivity (Wildman–Crippen MR) is 77.0 cm³/mol. The van der Waals surface area contributed by atoms with Gasteiger partial charge in [-0.3, -0.25) is 0 Å². The fourth-order valence-electron chi connectivity index (χ4n) is 1.70. The van der Waals surface area contributed by atoms with Gasteiger partial charge in [0.1, 0.15) is 17.5 Å². The zero-order chi connectivity index (χ0) is 13.8. The highest BCUT2D eigenvalue weighted by Gasteiger charge is 2.07. The molecule has 1 N–H and O–H groups in total. The molecule has 0 bridgehead atoms. The number of thioether (sulfide) groups is 1. The first-order chi connectivity index (χ1) is 9.10. The lowest BCUT2D eigenvalue weighted by atomic mass is 10.2. The fraction of sp³-hybridized carbons (Fsp3) is 0.286. The summed E-state index contributed by atoms with van der Waals surface area (Å²) in [6.45, 7) is 3.96. The summed E-state index contributed by atoms with van der Waals surface area (Å²) in [6.07, 6.45) is 0. The van der Waals surface area contributed by atoms with E-state index < -0.39 is 0 Å². The Morgan fingerprint density at radius 3 is 2.74 bits per heavy atom. The van der Waals surface area contributed by atoms with Crippen LogP contribution in [0.2, 0.25) is 0 Å². The van der Waals surface area contributed by atoms with E-state index in [0.29, 0.717) is 5.75 Å². The minimum atomic E-state index is -0.220. The van der Waals surface area contributed by atoms with Crippen LogP contribution in [0, 0.1) is 19.7 Å². The van der Waals surface area contributed by atoms with Crippen LogP contribution in [0.4, 0.5) is 10.2 Å². The van der Waals surface area contributed by atoms with E-state index in [1.165, 1.54) is 23.9 Å². The van der Waals surface area contributed by atoms with E-state index in [4.69, 9.17) is 0 Å². The largest absolute Gasteiger partial charge is 0.373 e. The Morgan fingerprint density at radius 2 is 2.05 bits per heavy atom. The number of anilines is 1. The van der Waals surface area contributed by atoms with Crippen LogP contribution in [-0.4, -0.2) is 17.0 Å². The minimum absolute atomic E-state index is 0.220. The SMILES string of the molecule is CNc1nc(CSc2cccc(F)c2)nc(C)c1C. The molecule has 100 valence electrons. The molecule has 0 amide bonds. The number of nitrogens with one attached hydrogen (secondary N) is 1. The molecular formula is C14H16FN3S.